The number of methoxy groups -OCH3 is 1. The Labute approximate surface area is 110 Å². The predicted octanol–water partition coefficient (Wildman–Crippen LogP) is 1.38. The number of likely N-dealkylation sites (N-methyl/N-ethyl adjacent to an activating group) is 1. The Morgan fingerprint density at radius 1 is 1.47 bits per heavy atom. The molecule has 1 unspecified atom stereocenters. The summed E-state index contributed by atoms with van der Waals surface area (Å²) in [6.45, 7) is 0.785. The number of ether oxygens (including phenoxy) is 1. The molecule has 2 N–H and O–H groups in total. The van der Waals surface area contributed by atoms with E-state index in [1.807, 2.05) is 24.3 Å². The quantitative estimate of drug-likeness (QED) is 0.894. The van der Waals surface area contributed by atoms with Crippen molar-refractivity contribution in [3.8, 4) is 0 Å². The SMILES string of the molecule is COCC(N)C(=O)N(C)Cc1ccc(Br)cc1. The van der Waals surface area contributed by atoms with Crippen molar-refractivity contribution in [2.75, 3.05) is 20.8 Å². The lowest BCUT2D eigenvalue weighted by atomic mass is 10.2. The molecule has 0 aliphatic rings. The molecule has 1 atom stereocenters. The van der Waals surface area contributed by atoms with E-state index < -0.39 is 6.04 Å². The van der Waals surface area contributed by atoms with Crippen molar-refractivity contribution in [2.24, 2.45) is 5.73 Å². The fraction of sp³-hybridized carbons (Fsp3) is 0.417. The van der Waals surface area contributed by atoms with Crippen LogP contribution in [0.15, 0.2) is 28.7 Å². The van der Waals surface area contributed by atoms with E-state index in [0.717, 1.165) is 10.0 Å². The van der Waals surface area contributed by atoms with Crippen molar-refractivity contribution >= 4 is 21.8 Å². The van der Waals surface area contributed by atoms with Crippen LogP contribution in [0.5, 0.6) is 0 Å². The van der Waals surface area contributed by atoms with Gasteiger partial charge in [-0.15, -0.1) is 0 Å². The summed E-state index contributed by atoms with van der Waals surface area (Å²) in [7, 11) is 3.27. The molecule has 1 aromatic rings. The molecule has 0 saturated carbocycles. The van der Waals surface area contributed by atoms with E-state index in [0.29, 0.717) is 6.54 Å². The molecule has 1 amide bonds. The second kappa shape index (κ2) is 6.74. The molecule has 0 aromatic heterocycles. The first-order chi connectivity index (χ1) is 8.04. The minimum Gasteiger partial charge on any atom is -0.383 e. The van der Waals surface area contributed by atoms with Gasteiger partial charge >= 0.3 is 0 Å². The van der Waals surface area contributed by atoms with Crippen molar-refractivity contribution in [1.82, 2.24) is 4.90 Å². The first-order valence-corrected chi connectivity index (χ1v) is 6.08. The number of rotatable bonds is 5. The van der Waals surface area contributed by atoms with E-state index in [9.17, 15) is 4.79 Å². The van der Waals surface area contributed by atoms with E-state index in [1.54, 1.807) is 11.9 Å². The monoisotopic (exact) mass is 300 g/mol. The lowest BCUT2D eigenvalue weighted by Crippen LogP contribution is -2.44. The van der Waals surface area contributed by atoms with E-state index in [-0.39, 0.29) is 12.5 Å². The van der Waals surface area contributed by atoms with Gasteiger partial charge in [0.25, 0.3) is 0 Å². The van der Waals surface area contributed by atoms with Crippen LogP contribution in [0.4, 0.5) is 0 Å². The third-order valence-electron chi connectivity index (χ3n) is 2.37. The topological polar surface area (TPSA) is 55.6 Å². The largest absolute Gasteiger partial charge is 0.383 e. The Bertz CT molecular complexity index is 367. The van der Waals surface area contributed by atoms with Crippen LogP contribution in [0.25, 0.3) is 0 Å². The highest BCUT2D eigenvalue weighted by atomic mass is 79.9. The summed E-state index contributed by atoms with van der Waals surface area (Å²) < 4.78 is 5.88. The normalized spacial score (nSPS) is 12.2. The number of nitrogens with zero attached hydrogens (tertiary/aromatic N) is 1. The Morgan fingerprint density at radius 3 is 2.59 bits per heavy atom. The zero-order chi connectivity index (χ0) is 12.8. The van der Waals surface area contributed by atoms with Gasteiger partial charge in [0, 0.05) is 25.2 Å². The third kappa shape index (κ3) is 4.46. The van der Waals surface area contributed by atoms with Crippen molar-refractivity contribution < 1.29 is 9.53 Å². The lowest BCUT2D eigenvalue weighted by Gasteiger charge is -2.21. The molecular weight excluding hydrogens is 284 g/mol. The second-order valence-corrected chi connectivity index (χ2v) is 4.80. The van der Waals surface area contributed by atoms with Crippen molar-refractivity contribution in [3.05, 3.63) is 34.3 Å². The van der Waals surface area contributed by atoms with Crippen LogP contribution < -0.4 is 5.73 Å². The maximum Gasteiger partial charge on any atom is 0.241 e. The van der Waals surface area contributed by atoms with Gasteiger partial charge in [-0.1, -0.05) is 28.1 Å². The Balaban J connectivity index is 2.56. The van der Waals surface area contributed by atoms with E-state index >= 15 is 0 Å². The van der Waals surface area contributed by atoms with Gasteiger partial charge in [-0.05, 0) is 17.7 Å². The maximum atomic E-state index is 11.8. The molecule has 0 spiro atoms. The number of carbonyl (C=O) groups is 1. The smallest absolute Gasteiger partial charge is 0.241 e. The van der Waals surface area contributed by atoms with Crippen LogP contribution in [0.3, 0.4) is 0 Å². The molecule has 0 aliphatic carbocycles. The predicted molar refractivity (Wildman–Crippen MR) is 70.5 cm³/mol. The molecule has 94 valence electrons. The second-order valence-electron chi connectivity index (χ2n) is 3.88. The number of carbonyl (C=O) groups excluding carboxylic acids is 1. The lowest BCUT2D eigenvalue weighted by molar-refractivity contribution is -0.132. The minimum atomic E-state index is -0.597. The van der Waals surface area contributed by atoms with E-state index in [1.165, 1.54) is 7.11 Å². The van der Waals surface area contributed by atoms with Gasteiger partial charge in [0.1, 0.15) is 6.04 Å². The third-order valence-corrected chi connectivity index (χ3v) is 2.90. The molecule has 0 fully saturated rings. The molecule has 0 radical (unpaired) electrons. The van der Waals surface area contributed by atoms with Gasteiger partial charge in [0.05, 0.1) is 6.61 Å². The van der Waals surface area contributed by atoms with Crippen LogP contribution in [0.2, 0.25) is 0 Å². The Kier molecular flexibility index (Phi) is 5.61. The summed E-state index contributed by atoms with van der Waals surface area (Å²) in [5, 5.41) is 0. The Hall–Kier alpha value is -0.910. The highest BCUT2D eigenvalue weighted by Gasteiger charge is 2.17. The van der Waals surface area contributed by atoms with Crippen molar-refractivity contribution in [1.29, 1.82) is 0 Å². The fourth-order valence-corrected chi connectivity index (χ4v) is 1.74. The molecule has 5 heteroatoms. The average Bonchev–Trinajstić information content (AvgIpc) is 2.31. The van der Waals surface area contributed by atoms with Crippen molar-refractivity contribution in [2.45, 2.75) is 12.6 Å². The number of hydrogen-bond acceptors (Lipinski definition) is 3. The van der Waals surface area contributed by atoms with Gasteiger partial charge in [0.15, 0.2) is 0 Å². The molecule has 4 nitrogen and oxygen atoms in total. The van der Waals surface area contributed by atoms with Gasteiger partial charge in [0.2, 0.25) is 5.91 Å². The number of amides is 1. The summed E-state index contributed by atoms with van der Waals surface area (Å²) in [4.78, 5) is 13.4. The average molecular weight is 301 g/mol. The van der Waals surface area contributed by atoms with Crippen LogP contribution in [-0.4, -0.2) is 37.6 Å². The Morgan fingerprint density at radius 2 is 2.06 bits per heavy atom. The highest BCUT2D eigenvalue weighted by Crippen LogP contribution is 2.12. The summed E-state index contributed by atoms with van der Waals surface area (Å²) >= 11 is 3.37. The maximum absolute atomic E-state index is 11.8. The fourth-order valence-electron chi connectivity index (χ4n) is 1.48. The summed E-state index contributed by atoms with van der Waals surface area (Å²) in [6, 6.07) is 7.23. The van der Waals surface area contributed by atoms with Gasteiger partial charge < -0.3 is 15.4 Å². The molecular formula is C12H17BrN2O2. The zero-order valence-corrected chi connectivity index (χ0v) is 11.6. The number of benzene rings is 1. The molecule has 0 saturated heterocycles. The van der Waals surface area contributed by atoms with Crippen LogP contribution in [-0.2, 0) is 16.1 Å². The highest BCUT2D eigenvalue weighted by molar-refractivity contribution is 9.10. The summed E-state index contributed by atoms with van der Waals surface area (Å²) in [5.41, 5.74) is 6.75. The molecule has 0 heterocycles. The molecule has 17 heavy (non-hydrogen) atoms. The summed E-state index contributed by atoms with van der Waals surface area (Å²) in [6.07, 6.45) is 0. The summed E-state index contributed by atoms with van der Waals surface area (Å²) in [5.74, 6) is -0.116. The van der Waals surface area contributed by atoms with Gasteiger partial charge in [-0.25, -0.2) is 0 Å². The number of halogens is 1. The van der Waals surface area contributed by atoms with Crippen molar-refractivity contribution in [3.63, 3.8) is 0 Å². The first-order valence-electron chi connectivity index (χ1n) is 5.28. The molecule has 0 aliphatic heterocycles. The van der Waals surface area contributed by atoms with Gasteiger partial charge in [-0.3, -0.25) is 4.79 Å². The number of nitrogens with two attached hydrogens (primary N) is 1. The first kappa shape index (κ1) is 14.2. The van der Waals surface area contributed by atoms with Crippen LogP contribution in [0.1, 0.15) is 5.56 Å². The molecule has 0 bridgehead atoms. The molecule has 1 aromatic carbocycles. The standard InChI is InChI=1S/C12H17BrN2O2/c1-15(12(16)11(14)8-17-2)7-9-3-5-10(13)6-4-9/h3-6,11H,7-8,14H2,1-2H3. The minimum absolute atomic E-state index is 0.116. The molecule has 1 rings (SSSR count). The zero-order valence-electron chi connectivity index (χ0n) is 10.0. The van der Waals surface area contributed by atoms with Gasteiger partial charge in [-0.2, -0.15) is 0 Å². The van der Waals surface area contributed by atoms with E-state index in [2.05, 4.69) is 15.9 Å². The number of hydrogen-bond donors (Lipinski definition) is 1. The van der Waals surface area contributed by atoms with Crippen LogP contribution >= 0.6 is 15.9 Å². The van der Waals surface area contributed by atoms with E-state index in [4.69, 9.17) is 10.5 Å². The van der Waals surface area contributed by atoms with Crippen LogP contribution in [0, 0.1) is 0 Å².